The number of hydrogen-bond donors (Lipinski definition) is 3. The van der Waals surface area contributed by atoms with E-state index in [1.54, 1.807) is 6.92 Å². The van der Waals surface area contributed by atoms with Crippen molar-refractivity contribution in [2.75, 3.05) is 20.8 Å². The summed E-state index contributed by atoms with van der Waals surface area (Å²) in [4.78, 5) is 23.2. The van der Waals surface area contributed by atoms with E-state index in [0.29, 0.717) is 0 Å². The summed E-state index contributed by atoms with van der Waals surface area (Å²) in [5.74, 6) is -1.58. The van der Waals surface area contributed by atoms with Crippen LogP contribution in [0.15, 0.2) is 29.2 Å². The summed E-state index contributed by atoms with van der Waals surface area (Å²) in [7, 11) is -0.884. The Bertz CT molecular complexity index is 671. The fourth-order valence-electron chi connectivity index (χ4n) is 2.03. The molecule has 0 bridgehead atoms. The van der Waals surface area contributed by atoms with E-state index in [1.165, 1.54) is 38.4 Å². The van der Waals surface area contributed by atoms with Gasteiger partial charge in [-0.3, -0.25) is 9.59 Å². The van der Waals surface area contributed by atoms with E-state index in [0.717, 1.165) is 0 Å². The number of sulfonamides is 1. The van der Waals surface area contributed by atoms with Gasteiger partial charge in [-0.05, 0) is 38.2 Å². The molecular weight excluding hydrogens is 324 g/mol. The molecule has 1 unspecified atom stereocenters. The second kappa shape index (κ2) is 7.53. The molecule has 3 N–H and O–H groups in total. The molecule has 1 aromatic rings. The Morgan fingerprint density at radius 1 is 1.26 bits per heavy atom. The quantitative estimate of drug-likeness (QED) is 0.619. The standard InChI is InChI=1S/C14H20N2O6S/c1-14(9-22-3,8-12(17)18)16-13(19)10-4-6-11(7-5-10)23(20,21)15-2/h4-7,15H,8-9H2,1-3H3,(H,16,19)(H,17,18). The SMILES string of the molecule is CNS(=O)(=O)c1ccc(C(=O)NC(C)(COC)CC(=O)O)cc1. The van der Waals surface area contributed by atoms with Gasteiger partial charge in [0.15, 0.2) is 0 Å². The Hall–Kier alpha value is -1.97. The zero-order valence-electron chi connectivity index (χ0n) is 13.1. The molecule has 1 amide bonds. The summed E-state index contributed by atoms with van der Waals surface area (Å²) in [5, 5.41) is 11.5. The molecule has 0 saturated carbocycles. The summed E-state index contributed by atoms with van der Waals surface area (Å²) < 4.78 is 30.4. The lowest BCUT2D eigenvalue weighted by Crippen LogP contribution is -2.50. The minimum absolute atomic E-state index is 0.0251. The van der Waals surface area contributed by atoms with Gasteiger partial charge in [-0.2, -0.15) is 0 Å². The molecule has 1 rings (SSSR count). The fourth-order valence-corrected chi connectivity index (χ4v) is 2.76. The predicted molar refractivity (Wildman–Crippen MR) is 82.7 cm³/mol. The molecule has 23 heavy (non-hydrogen) atoms. The number of carboxylic acids is 1. The molecule has 0 spiro atoms. The first-order valence-electron chi connectivity index (χ1n) is 6.70. The topological polar surface area (TPSA) is 122 Å². The number of aliphatic carboxylic acids is 1. The maximum atomic E-state index is 12.2. The molecule has 0 aliphatic carbocycles. The number of nitrogens with one attached hydrogen (secondary N) is 2. The first-order chi connectivity index (χ1) is 10.6. The maximum absolute atomic E-state index is 12.2. The monoisotopic (exact) mass is 344 g/mol. The second-order valence-corrected chi connectivity index (χ2v) is 7.14. The first kappa shape index (κ1) is 19.1. The Labute approximate surface area is 134 Å². The first-order valence-corrected chi connectivity index (χ1v) is 8.19. The van der Waals surface area contributed by atoms with Crippen LogP contribution in [0, 0.1) is 0 Å². The average Bonchev–Trinajstić information content (AvgIpc) is 2.46. The van der Waals surface area contributed by atoms with Gasteiger partial charge in [0.05, 0.1) is 23.5 Å². The number of methoxy groups -OCH3 is 1. The number of carboxylic acid groups (broad SMARTS) is 1. The third kappa shape index (κ3) is 5.31. The van der Waals surface area contributed by atoms with Crippen LogP contribution in [0.1, 0.15) is 23.7 Å². The lowest BCUT2D eigenvalue weighted by Gasteiger charge is -2.28. The van der Waals surface area contributed by atoms with Gasteiger partial charge < -0.3 is 15.2 Å². The van der Waals surface area contributed by atoms with Crippen molar-refractivity contribution in [2.24, 2.45) is 0 Å². The summed E-state index contributed by atoms with van der Waals surface area (Å²) >= 11 is 0. The largest absolute Gasteiger partial charge is 0.481 e. The Kier molecular flexibility index (Phi) is 6.25. The van der Waals surface area contributed by atoms with E-state index in [4.69, 9.17) is 9.84 Å². The Balaban J connectivity index is 2.94. The van der Waals surface area contributed by atoms with Crippen molar-refractivity contribution >= 4 is 21.9 Å². The maximum Gasteiger partial charge on any atom is 0.305 e. The third-order valence-electron chi connectivity index (χ3n) is 3.12. The van der Waals surface area contributed by atoms with Crippen LogP contribution >= 0.6 is 0 Å². The van der Waals surface area contributed by atoms with Crippen molar-refractivity contribution in [3.05, 3.63) is 29.8 Å². The summed E-state index contributed by atoms with van der Waals surface area (Å²) in [6.07, 6.45) is -0.307. The normalized spacial score (nSPS) is 14.0. The Morgan fingerprint density at radius 2 is 1.83 bits per heavy atom. The van der Waals surface area contributed by atoms with Crippen LogP contribution in [-0.4, -0.2) is 51.7 Å². The molecule has 0 aromatic heterocycles. The second-order valence-electron chi connectivity index (χ2n) is 5.25. The highest BCUT2D eigenvalue weighted by Gasteiger charge is 2.30. The molecule has 1 aromatic carbocycles. The van der Waals surface area contributed by atoms with Crippen LogP contribution < -0.4 is 10.0 Å². The van der Waals surface area contributed by atoms with Gasteiger partial charge in [0.2, 0.25) is 10.0 Å². The highest BCUT2D eigenvalue weighted by Crippen LogP contribution is 2.14. The molecule has 8 nitrogen and oxygen atoms in total. The number of rotatable bonds is 8. The van der Waals surface area contributed by atoms with Gasteiger partial charge in [0, 0.05) is 12.7 Å². The fraction of sp³-hybridized carbons (Fsp3) is 0.429. The molecule has 0 saturated heterocycles. The summed E-state index contributed by atoms with van der Waals surface area (Å²) in [6, 6.07) is 5.30. The molecule has 128 valence electrons. The highest BCUT2D eigenvalue weighted by atomic mass is 32.2. The predicted octanol–water partition coefficient (Wildman–Crippen LogP) is 0.204. The van der Waals surface area contributed by atoms with Crippen molar-refractivity contribution in [1.82, 2.24) is 10.0 Å². The van der Waals surface area contributed by atoms with Crippen molar-refractivity contribution in [3.8, 4) is 0 Å². The van der Waals surface area contributed by atoms with E-state index < -0.39 is 27.4 Å². The molecule has 9 heteroatoms. The molecular formula is C14H20N2O6S. The molecule has 1 atom stereocenters. The van der Waals surface area contributed by atoms with Crippen LogP contribution in [0.5, 0.6) is 0 Å². The number of benzene rings is 1. The summed E-state index contributed by atoms with van der Waals surface area (Å²) in [5.41, 5.74) is -0.860. The van der Waals surface area contributed by atoms with Crippen LogP contribution in [0.4, 0.5) is 0 Å². The smallest absolute Gasteiger partial charge is 0.305 e. The molecule has 0 radical (unpaired) electrons. The third-order valence-corrected chi connectivity index (χ3v) is 4.55. The van der Waals surface area contributed by atoms with E-state index >= 15 is 0 Å². The van der Waals surface area contributed by atoms with Gasteiger partial charge in [-0.25, -0.2) is 13.1 Å². The number of ether oxygens (including phenoxy) is 1. The number of hydrogen-bond acceptors (Lipinski definition) is 5. The van der Waals surface area contributed by atoms with Gasteiger partial charge in [-0.15, -0.1) is 0 Å². The molecule has 0 aliphatic rings. The van der Waals surface area contributed by atoms with Crippen LogP contribution in [0.2, 0.25) is 0 Å². The van der Waals surface area contributed by atoms with Gasteiger partial charge in [0.1, 0.15) is 0 Å². The molecule has 0 aliphatic heterocycles. The lowest BCUT2D eigenvalue weighted by molar-refractivity contribution is -0.139. The van der Waals surface area contributed by atoms with E-state index in [9.17, 15) is 18.0 Å². The highest BCUT2D eigenvalue weighted by molar-refractivity contribution is 7.89. The van der Waals surface area contributed by atoms with Crippen molar-refractivity contribution in [1.29, 1.82) is 0 Å². The zero-order chi connectivity index (χ0) is 17.7. The molecule has 0 fully saturated rings. The van der Waals surface area contributed by atoms with E-state index in [-0.39, 0.29) is 23.5 Å². The average molecular weight is 344 g/mol. The number of amides is 1. The van der Waals surface area contributed by atoms with Crippen LogP contribution in [-0.2, 0) is 19.6 Å². The van der Waals surface area contributed by atoms with Crippen molar-refractivity contribution in [2.45, 2.75) is 23.8 Å². The van der Waals surface area contributed by atoms with Gasteiger partial charge >= 0.3 is 5.97 Å². The van der Waals surface area contributed by atoms with Crippen LogP contribution in [0.25, 0.3) is 0 Å². The van der Waals surface area contributed by atoms with Crippen molar-refractivity contribution in [3.63, 3.8) is 0 Å². The Morgan fingerprint density at radius 3 is 2.26 bits per heavy atom. The number of carbonyl (C=O) groups is 2. The minimum Gasteiger partial charge on any atom is -0.481 e. The van der Waals surface area contributed by atoms with Crippen LogP contribution in [0.3, 0.4) is 0 Å². The van der Waals surface area contributed by atoms with Gasteiger partial charge in [0.25, 0.3) is 5.91 Å². The summed E-state index contributed by atoms with van der Waals surface area (Å²) in [6.45, 7) is 1.58. The van der Waals surface area contributed by atoms with Gasteiger partial charge in [-0.1, -0.05) is 0 Å². The van der Waals surface area contributed by atoms with E-state index in [1.807, 2.05) is 0 Å². The van der Waals surface area contributed by atoms with E-state index in [2.05, 4.69) is 10.0 Å². The molecule has 0 heterocycles. The van der Waals surface area contributed by atoms with Crippen molar-refractivity contribution < 1.29 is 27.9 Å². The lowest BCUT2D eigenvalue weighted by atomic mass is 9.98. The number of carbonyl (C=O) groups excluding carboxylic acids is 1. The minimum atomic E-state index is -3.58. The zero-order valence-corrected chi connectivity index (χ0v) is 13.9.